The van der Waals surface area contributed by atoms with Gasteiger partial charge in [0.2, 0.25) is 0 Å². The van der Waals surface area contributed by atoms with Crippen molar-refractivity contribution in [3.05, 3.63) is 83.1 Å². The van der Waals surface area contributed by atoms with Crippen LogP contribution in [0.1, 0.15) is 36.9 Å². The fraction of sp³-hybridized carbons (Fsp3) is 0.308. The molecule has 1 amide bonds. The lowest BCUT2D eigenvalue weighted by molar-refractivity contribution is -0.129. The SMILES string of the molecule is CCCOc1ccc(C2C(C(=O)/C=C/c3ccccc3)=C(O)C(=O)N2CCCOC)cc1. The molecule has 6 nitrogen and oxygen atoms in total. The van der Waals surface area contributed by atoms with Gasteiger partial charge in [0.1, 0.15) is 5.75 Å². The minimum atomic E-state index is -0.674. The fourth-order valence-corrected chi connectivity index (χ4v) is 3.65. The maximum absolute atomic E-state index is 13.1. The third-order valence-corrected chi connectivity index (χ3v) is 5.21. The van der Waals surface area contributed by atoms with Gasteiger partial charge >= 0.3 is 0 Å². The Hall–Kier alpha value is -3.38. The second-order valence-corrected chi connectivity index (χ2v) is 7.54. The molecular weight excluding hydrogens is 406 g/mol. The Morgan fingerprint density at radius 1 is 1.09 bits per heavy atom. The number of carbonyl (C=O) groups excluding carboxylic acids is 2. The van der Waals surface area contributed by atoms with Crippen molar-refractivity contribution in [2.75, 3.05) is 26.9 Å². The summed E-state index contributed by atoms with van der Waals surface area (Å²) >= 11 is 0. The van der Waals surface area contributed by atoms with Crippen LogP contribution in [-0.2, 0) is 14.3 Å². The Balaban J connectivity index is 1.91. The van der Waals surface area contributed by atoms with Crippen molar-refractivity contribution in [1.29, 1.82) is 0 Å². The number of rotatable bonds is 11. The molecule has 0 saturated heterocycles. The van der Waals surface area contributed by atoms with Crippen LogP contribution in [0.25, 0.3) is 6.08 Å². The maximum Gasteiger partial charge on any atom is 0.290 e. The van der Waals surface area contributed by atoms with E-state index in [2.05, 4.69) is 0 Å². The number of hydrogen-bond acceptors (Lipinski definition) is 5. The molecule has 6 heteroatoms. The predicted molar refractivity (Wildman–Crippen MR) is 123 cm³/mol. The summed E-state index contributed by atoms with van der Waals surface area (Å²) in [5.41, 5.74) is 1.68. The smallest absolute Gasteiger partial charge is 0.290 e. The summed E-state index contributed by atoms with van der Waals surface area (Å²) in [5, 5.41) is 10.6. The fourth-order valence-electron chi connectivity index (χ4n) is 3.65. The summed E-state index contributed by atoms with van der Waals surface area (Å²) in [6.45, 7) is 3.47. The number of allylic oxidation sites excluding steroid dienone is 1. The molecule has 3 rings (SSSR count). The van der Waals surface area contributed by atoms with Crippen molar-refractivity contribution in [1.82, 2.24) is 4.90 Å². The predicted octanol–water partition coefficient (Wildman–Crippen LogP) is 4.49. The number of ketones is 1. The number of aliphatic hydroxyl groups excluding tert-OH is 1. The largest absolute Gasteiger partial charge is 0.503 e. The van der Waals surface area contributed by atoms with Crippen LogP contribution in [0.2, 0.25) is 0 Å². The number of amides is 1. The average molecular weight is 436 g/mol. The van der Waals surface area contributed by atoms with Crippen LogP contribution in [-0.4, -0.2) is 48.6 Å². The second-order valence-electron chi connectivity index (χ2n) is 7.54. The Morgan fingerprint density at radius 2 is 1.81 bits per heavy atom. The van der Waals surface area contributed by atoms with Gasteiger partial charge in [-0.2, -0.15) is 0 Å². The summed E-state index contributed by atoms with van der Waals surface area (Å²) < 4.78 is 10.8. The van der Waals surface area contributed by atoms with E-state index < -0.39 is 23.5 Å². The van der Waals surface area contributed by atoms with E-state index in [1.54, 1.807) is 13.2 Å². The van der Waals surface area contributed by atoms with Crippen LogP contribution in [0.5, 0.6) is 5.75 Å². The Kier molecular flexibility index (Phi) is 8.22. The summed E-state index contributed by atoms with van der Waals surface area (Å²) in [5.74, 6) is -0.725. The highest BCUT2D eigenvalue weighted by atomic mass is 16.5. The highest BCUT2D eigenvalue weighted by Gasteiger charge is 2.42. The molecule has 1 aliphatic rings. The number of ether oxygens (including phenoxy) is 2. The molecule has 0 bridgehead atoms. The van der Waals surface area contributed by atoms with E-state index in [0.717, 1.165) is 23.3 Å². The first-order valence-corrected chi connectivity index (χ1v) is 10.8. The topological polar surface area (TPSA) is 76.1 Å². The van der Waals surface area contributed by atoms with Gasteiger partial charge in [0, 0.05) is 20.3 Å². The lowest BCUT2D eigenvalue weighted by atomic mass is 9.95. The number of aliphatic hydroxyl groups is 1. The molecule has 0 fully saturated rings. The lowest BCUT2D eigenvalue weighted by Gasteiger charge is -2.26. The molecule has 2 aromatic carbocycles. The van der Waals surface area contributed by atoms with Gasteiger partial charge in [-0.15, -0.1) is 0 Å². The van der Waals surface area contributed by atoms with Gasteiger partial charge in [-0.25, -0.2) is 0 Å². The van der Waals surface area contributed by atoms with Crippen molar-refractivity contribution in [2.24, 2.45) is 0 Å². The third kappa shape index (κ3) is 5.45. The third-order valence-electron chi connectivity index (χ3n) is 5.21. The number of benzene rings is 2. The first kappa shape index (κ1) is 23.3. The Labute approximate surface area is 188 Å². The minimum Gasteiger partial charge on any atom is -0.503 e. The monoisotopic (exact) mass is 435 g/mol. The Bertz CT molecular complexity index is 979. The average Bonchev–Trinajstić information content (AvgIpc) is 3.07. The molecule has 1 heterocycles. The highest BCUT2D eigenvalue weighted by Crippen LogP contribution is 2.38. The molecule has 168 valence electrons. The highest BCUT2D eigenvalue weighted by molar-refractivity contribution is 6.14. The number of hydrogen-bond donors (Lipinski definition) is 1. The van der Waals surface area contributed by atoms with Gasteiger partial charge in [-0.1, -0.05) is 55.5 Å². The minimum absolute atomic E-state index is 0.0850. The molecule has 0 radical (unpaired) electrons. The van der Waals surface area contributed by atoms with Crippen LogP contribution >= 0.6 is 0 Å². The molecule has 0 aliphatic carbocycles. The molecule has 1 N–H and O–H groups in total. The summed E-state index contributed by atoms with van der Waals surface area (Å²) in [6.07, 6.45) is 4.57. The van der Waals surface area contributed by atoms with Crippen LogP contribution in [0.15, 0.2) is 72.0 Å². The Morgan fingerprint density at radius 3 is 2.47 bits per heavy atom. The summed E-state index contributed by atoms with van der Waals surface area (Å²) in [7, 11) is 1.59. The molecule has 1 atom stereocenters. The van der Waals surface area contributed by atoms with Crippen molar-refractivity contribution >= 4 is 17.8 Å². The maximum atomic E-state index is 13.1. The molecule has 32 heavy (non-hydrogen) atoms. The van der Waals surface area contributed by atoms with Crippen molar-refractivity contribution < 1.29 is 24.2 Å². The molecule has 2 aromatic rings. The zero-order valence-corrected chi connectivity index (χ0v) is 18.5. The van der Waals surface area contributed by atoms with E-state index in [-0.39, 0.29) is 5.57 Å². The van der Waals surface area contributed by atoms with Gasteiger partial charge in [-0.05, 0) is 42.2 Å². The summed E-state index contributed by atoms with van der Waals surface area (Å²) in [6, 6.07) is 16.0. The van der Waals surface area contributed by atoms with E-state index >= 15 is 0 Å². The van der Waals surface area contributed by atoms with E-state index in [9.17, 15) is 14.7 Å². The normalized spacial score (nSPS) is 16.2. The van der Waals surface area contributed by atoms with Gasteiger partial charge in [0.25, 0.3) is 5.91 Å². The molecule has 1 unspecified atom stereocenters. The molecule has 1 aliphatic heterocycles. The molecule has 0 spiro atoms. The summed E-state index contributed by atoms with van der Waals surface area (Å²) in [4.78, 5) is 27.5. The van der Waals surface area contributed by atoms with E-state index in [1.807, 2.05) is 61.5 Å². The number of carbonyl (C=O) groups is 2. The van der Waals surface area contributed by atoms with Gasteiger partial charge in [0.05, 0.1) is 18.2 Å². The lowest BCUT2D eigenvalue weighted by Crippen LogP contribution is -2.32. The second kappa shape index (κ2) is 11.3. The van der Waals surface area contributed by atoms with Gasteiger partial charge in [-0.3, -0.25) is 9.59 Å². The molecule has 0 aromatic heterocycles. The number of nitrogens with zero attached hydrogens (tertiary/aromatic N) is 1. The van der Waals surface area contributed by atoms with Crippen molar-refractivity contribution in [3.63, 3.8) is 0 Å². The van der Waals surface area contributed by atoms with E-state index in [0.29, 0.717) is 26.2 Å². The van der Waals surface area contributed by atoms with Crippen LogP contribution in [0.4, 0.5) is 0 Å². The van der Waals surface area contributed by atoms with E-state index in [1.165, 1.54) is 11.0 Å². The molecular formula is C26H29NO5. The molecule has 0 saturated carbocycles. The van der Waals surface area contributed by atoms with Crippen molar-refractivity contribution in [2.45, 2.75) is 25.8 Å². The standard InChI is InChI=1S/C26H29NO5/c1-3-17-32-21-13-11-20(12-14-21)24-23(22(28)15-10-19-8-5-4-6-9-19)25(29)26(30)27(24)16-7-18-31-2/h4-6,8-15,24,29H,3,7,16-18H2,1-2H3/b15-10+. The van der Waals surface area contributed by atoms with Gasteiger partial charge in [0.15, 0.2) is 11.5 Å². The first-order chi connectivity index (χ1) is 15.6. The van der Waals surface area contributed by atoms with E-state index in [4.69, 9.17) is 9.47 Å². The van der Waals surface area contributed by atoms with Crippen molar-refractivity contribution in [3.8, 4) is 5.75 Å². The van der Waals surface area contributed by atoms with Gasteiger partial charge < -0.3 is 19.5 Å². The first-order valence-electron chi connectivity index (χ1n) is 10.8. The zero-order chi connectivity index (χ0) is 22.9. The van der Waals surface area contributed by atoms with Crippen LogP contribution in [0, 0.1) is 0 Å². The quantitative estimate of drug-likeness (QED) is 0.416. The van der Waals surface area contributed by atoms with Crippen LogP contribution < -0.4 is 4.74 Å². The number of methoxy groups -OCH3 is 1. The van der Waals surface area contributed by atoms with Crippen LogP contribution in [0.3, 0.4) is 0 Å². The zero-order valence-electron chi connectivity index (χ0n) is 18.5.